The number of fused-ring (bicyclic) bond motifs is 1. The van der Waals surface area contributed by atoms with E-state index in [-0.39, 0.29) is 23.6 Å². The Morgan fingerprint density at radius 3 is 3.07 bits per heavy atom. The largest absolute Gasteiger partial charge is 0.484 e. The zero-order valence-electron chi connectivity index (χ0n) is 16.3. The standard InChI is InChI=1S/C20H24N4O3S/c1-13-22-15-8-14(4-5-17(15)28-13)26-10-18-23-16(9-27-18)19(25)21-11-20(2)6-7-24(3)12-20/h4-5,8-9H,6-7,10-12H2,1-3H3,(H,21,25)/t20-/m1/s1. The van der Waals surface area contributed by atoms with Crippen LogP contribution in [0.15, 0.2) is 28.9 Å². The maximum atomic E-state index is 12.4. The van der Waals surface area contributed by atoms with E-state index in [0.29, 0.717) is 18.2 Å². The van der Waals surface area contributed by atoms with E-state index in [2.05, 4.69) is 34.2 Å². The molecule has 148 valence electrons. The van der Waals surface area contributed by atoms with E-state index < -0.39 is 0 Å². The third-order valence-corrected chi connectivity index (χ3v) is 5.99. The molecule has 1 atom stereocenters. The first-order valence-corrected chi connectivity index (χ1v) is 10.1. The lowest BCUT2D eigenvalue weighted by Crippen LogP contribution is -2.37. The van der Waals surface area contributed by atoms with E-state index >= 15 is 0 Å². The van der Waals surface area contributed by atoms with Crippen LogP contribution in [0.5, 0.6) is 5.75 Å². The van der Waals surface area contributed by atoms with Crippen molar-refractivity contribution in [1.82, 2.24) is 20.2 Å². The summed E-state index contributed by atoms with van der Waals surface area (Å²) in [5, 5.41) is 4.00. The Kier molecular flexibility index (Phi) is 5.07. The van der Waals surface area contributed by atoms with Crippen LogP contribution in [0.25, 0.3) is 10.2 Å². The fourth-order valence-electron chi connectivity index (χ4n) is 3.54. The van der Waals surface area contributed by atoms with Crippen molar-refractivity contribution in [2.45, 2.75) is 26.9 Å². The molecule has 2 aromatic heterocycles. The number of hydrogen-bond acceptors (Lipinski definition) is 7. The molecule has 0 radical (unpaired) electrons. The van der Waals surface area contributed by atoms with Gasteiger partial charge in [-0.15, -0.1) is 11.3 Å². The summed E-state index contributed by atoms with van der Waals surface area (Å²) < 4.78 is 12.3. The molecule has 1 saturated heterocycles. The number of hydrogen-bond donors (Lipinski definition) is 1. The molecule has 1 N–H and O–H groups in total. The van der Waals surface area contributed by atoms with Gasteiger partial charge in [-0.05, 0) is 44.5 Å². The molecule has 1 amide bonds. The van der Waals surface area contributed by atoms with Crippen molar-refractivity contribution in [3.63, 3.8) is 0 Å². The highest BCUT2D eigenvalue weighted by atomic mass is 32.1. The number of rotatable bonds is 6. The second-order valence-electron chi connectivity index (χ2n) is 7.76. The number of nitrogens with one attached hydrogen (secondary N) is 1. The number of nitrogens with zero attached hydrogens (tertiary/aromatic N) is 3. The fraction of sp³-hybridized carbons (Fsp3) is 0.450. The highest BCUT2D eigenvalue weighted by Crippen LogP contribution is 2.28. The van der Waals surface area contributed by atoms with Gasteiger partial charge in [-0.3, -0.25) is 4.79 Å². The van der Waals surface area contributed by atoms with Crippen LogP contribution in [-0.2, 0) is 6.61 Å². The normalized spacial score (nSPS) is 20.0. The maximum Gasteiger partial charge on any atom is 0.273 e. The first-order valence-electron chi connectivity index (χ1n) is 9.31. The number of aromatic nitrogens is 2. The second-order valence-corrected chi connectivity index (χ2v) is 8.99. The summed E-state index contributed by atoms with van der Waals surface area (Å²) in [6, 6.07) is 5.79. The van der Waals surface area contributed by atoms with E-state index in [0.717, 1.165) is 34.7 Å². The predicted octanol–water partition coefficient (Wildman–Crippen LogP) is 3.24. The molecule has 7 nitrogen and oxygen atoms in total. The number of thiazole rings is 1. The van der Waals surface area contributed by atoms with Crippen LogP contribution in [0.2, 0.25) is 0 Å². The van der Waals surface area contributed by atoms with Crippen LogP contribution in [0.1, 0.15) is 34.7 Å². The molecule has 1 fully saturated rings. The van der Waals surface area contributed by atoms with Crippen molar-refractivity contribution in [1.29, 1.82) is 0 Å². The summed E-state index contributed by atoms with van der Waals surface area (Å²) in [6.45, 7) is 7.00. The summed E-state index contributed by atoms with van der Waals surface area (Å²) in [5.41, 5.74) is 1.30. The molecule has 1 aromatic carbocycles. The Morgan fingerprint density at radius 1 is 1.43 bits per heavy atom. The van der Waals surface area contributed by atoms with Gasteiger partial charge in [-0.2, -0.15) is 0 Å². The zero-order valence-corrected chi connectivity index (χ0v) is 17.1. The number of likely N-dealkylation sites (tertiary alicyclic amines) is 1. The lowest BCUT2D eigenvalue weighted by molar-refractivity contribution is 0.0929. The van der Waals surface area contributed by atoms with Crippen molar-refractivity contribution in [2.24, 2.45) is 5.41 Å². The molecule has 8 heteroatoms. The molecular weight excluding hydrogens is 376 g/mol. The Balaban J connectivity index is 1.32. The third-order valence-electron chi connectivity index (χ3n) is 5.04. The van der Waals surface area contributed by atoms with Crippen LogP contribution < -0.4 is 10.1 Å². The van der Waals surface area contributed by atoms with Crippen molar-refractivity contribution < 1.29 is 13.9 Å². The minimum Gasteiger partial charge on any atom is -0.484 e. The number of carbonyl (C=O) groups excluding carboxylic acids is 1. The molecule has 4 rings (SSSR count). The number of ether oxygens (including phenoxy) is 1. The molecule has 3 aromatic rings. The first kappa shape index (κ1) is 18.9. The van der Waals surface area contributed by atoms with Crippen LogP contribution in [0.3, 0.4) is 0 Å². The van der Waals surface area contributed by atoms with Gasteiger partial charge in [0.2, 0.25) is 5.89 Å². The highest BCUT2D eigenvalue weighted by Gasteiger charge is 2.32. The van der Waals surface area contributed by atoms with Gasteiger partial charge in [-0.1, -0.05) is 6.92 Å². The maximum absolute atomic E-state index is 12.4. The number of benzene rings is 1. The highest BCUT2D eigenvalue weighted by molar-refractivity contribution is 7.18. The predicted molar refractivity (Wildman–Crippen MR) is 108 cm³/mol. The summed E-state index contributed by atoms with van der Waals surface area (Å²) in [6.07, 6.45) is 2.45. The Morgan fingerprint density at radius 2 is 2.29 bits per heavy atom. The third kappa shape index (κ3) is 4.18. The summed E-state index contributed by atoms with van der Waals surface area (Å²) in [4.78, 5) is 23.4. The quantitative estimate of drug-likeness (QED) is 0.684. The summed E-state index contributed by atoms with van der Waals surface area (Å²) >= 11 is 1.65. The molecule has 0 spiro atoms. The van der Waals surface area contributed by atoms with Crippen LogP contribution in [0, 0.1) is 12.3 Å². The van der Waals surface area contributed by atoms with Crippen LogP contribution in [-0.4, -0.2) is 47.5 Å². The van der Waals surface area contributed by atoms with Gasteiger partial charge >= 0.3 is 0 Å². The number of aryl methyl sites for hydroxylation is 1. The van der Waals surface area contributed by atoms with E-state index in [1.165, 1.54) is 6.26 Å². The molecule has 3 heterocycles. The van der Waals surface area contributed by atoms with Gasteiger partial charge in [-0.25, -0.2) is 9.97 Å². The van der Waals surface area contributed by atoms with Gasteiger partial charge in [0.1, 0.15) is 12.0 Å². The van der Waals surface area contributed by atoms with Crippen molar-refractivity contribution in [3.05, 3.63) is 41.1 Å². The molecular formula is C20H24N4O3S. The number of amides is 1. The van der Waals surface area contributed by atoms with Gasteiger partial charge in [0.05, 0.1) is 15.2 Å². The van der Waals surface area contributed by atoms with Crippen LogP contribution >= 0.6 is 11.3 Å². The van der Waals surface area contributed by atoms with E-state index in [4.69, 9.17) is 9.15 Å². The van der Waals surface area contributed by atoms with Gasteiger partial charge in [0.25, 0.3) is 5.91 Å². The van der Waals surface area contributed by atoms with E-state index in [1.54, 1.807) is 11.3 Å². The molecule has 1 aliphatic heterocycles. The fourth-order valence-corrected chi connectivity index (χ4v) is 4.35. The van der Waals surface area contributed by atoms with E-state index in [1.807, 2.05) is 25.1 Å². The monoisotopic (exact) mass is 400 g/mol. The minimum atomic E-state index is -0.217. The number of carbonyl (C=O) groups is 1. The smallest absolute Gasteiger partial charge is 0.273 e. The lowest BCUT2D eigenvalue weighted by Gasteiger charge is -2.23. The van der Waals surface area contributed by atoms with Crippen molar-refractivity contribution in [3.8, 4) is 5.75 Å². The second kappa shape index (κ2) is 7.52. The summed E-state index contributed by atoms with van der Waals surface area (Å²) in [7, 11) is 2.10. The number of oxazole rings is 1. The lowest BCUT2D eigenvalue weighted by atomic mass is 9.90. The average Bonchev–Trinajstić information content (AvgIpc) is 3.36. The topological polar surface area (TPSA) is 80.5 Å². The molecule has 0 saturated carbocycles. The SMILES string of the molecule is Cc1nc2cc(OCc3nc(C(=O)NC[C@@]4(C)CCN(C)C4)co3)ccc2s1. The zero-order chi connectivity index (χ0) is 19.7. The molecule has 28 heavy (non-hydrogen) atoms. The molecule has 0 bridgehead atoms. The van der Waals surface area contributed by atoms with Crippen LogP contribution in [0.4, 0.5) is 0 Å². The molecule has 1 aliphatic rings. The Labute approximate surface area is 167 Å². The van der Waals surface area contributed by atoms with Gasteiger partial charge in [0.15, 0.2) is 12.3 Å². The Bertz CT molecular complexity index is 998. The first-order chi connectivity index (χ1) is 13.4. The molecule has 0 unspecified atom stereocenters. The minimum absolute atomic E-state index is 0.104. The molecule has 0 aliphatic carbocycles. The average molecular weight is 401 g/mol. The van der Waals surface area contributed by atoms with Gasteiger partial charge < -0.3 is 19.4 Å². The van der Waals surface area contributed by atoms with Gasteiger partial charge in [0, 0.05) is 19.2 Å². The van der Waals surface area contributed by atoms with Crippen molar-refractivity contribution in [2.75, 3.05) is 26.7 Å². The Hall–Kier alpha value is -2.45. The van der Waals surface area contributed by atoms with E-state index in [9.17, 15) is 4.79 Å². The van der Waals surface area contributed by atoms with Crippen molar-refractivity contribution >= 4 is 27.5 Å². The summed E-state index contributed by atoms with van der Waals surface area (Å²) in [5.74, 6) is 0.844.